The Balaban J connectivity index is 2.23. The van der Waals surface area contributed by atoms with Crippen LogP contribution in [0.15, 0.2) is 54.6 Å². The molecule has 0 atom stereocenters. The molecule has 0 aliphatic carbocycles. The predicted octanol–water partition coefficient (Wildman–Crippen LogP) is 1.64. The largest absolute Gasteiger partial charge is 0.502 e. The number of carbonyl (C=O) groups is 2. The van der Waals surface area contributed by atoms with Crippen molar-refractivity contribution in [3.8, 4) is 0 Å². The average Bonchev–Trinajstić information content (AvgIpc) is 2.88. The number of pyridine rings is 1. The van der Waals surface area contributed by atoms with Crippen molar-refractivity contribution < 1.29 is 19.8 Å². The molecule has 0 fully saturated rings. The summed E-state index contributed by atoms with van der Waals surface area (Å²) in [7, 11) is 0. The van der Waals surface area contributed by atoms with Gasteiger partial charge < -0.3 is 14.8 Å². The zero-order chi connectivity index (χ0) is 14.5. The molecular weight excluding hydrogens is 260 g/mol. The highest BCUT2D eigenvalue weighted by molar-refractivity contribution is 6.06. The monoisotopic (exact) mass is 272 g/mol. The van der Waals surface area contributed by atoms with Gasteiger partial charge in [0.2, 0.25) is 11.5 Å². The Kier molecular flexibility index (Phi) is 3.95. The number of ketones is 1. The van der Waals surface area contributed by atoms with Gasteiger partial charge in [0.1, 0.15) is 0 Å². The zero-order valence-electron chi connectivity index (χ0n) is 10.4. The van der Waals surface area contributed by atoms with Crippen LogP contribution in [0.4, 0.5) is 0 Å². The molecule has 0 spiro atoms. The second-order valence-corrected chi connectivity index (χ2v) is 4.04. The van der Waals surface area contributed by atoms with Gasteiger partial charge in [0.15, 0.2) is 0 Å². The highest BCUT2D eigenvalue weighted by Gasteiger charge is 2.13. The minimum Gasteiger partial charge on any atom is -0.502 e. The van der Waals surface area contributed by atoms with E-state index in [4.69, 9.17) is 10.2 Å². The third kappa shape index (κ3) is 3.11. The fourth-order valence-corrected chi connectivity index (χ4v) is 1.70. The summed E-state index contributed by atoms with van der Waals surface area (Å²) < 4.78 is 1.64. The van der Waals surface area contributed by atoms with Crippen LogP contribution in [-0.2, 0) is 11.3 Å². The van der Waals surface area contributed by atoms with Crippen LogP contribution in [0.2, 0.25) is 0 Å². The van der Waals surface area contributed by atoms with Crippen molar-refractivity contribution in [2.75, 3.05) is 0 Å². The first kappa shape index (κ1) is 13.5. The summed E-state index contributed by atoms with van der Waals surface area (Å²) in [4.78, 5) is 26.5. The van der Waals surface area contributed by atoms with Crippen molar-refractivity contribution >= 4 is 11.8 Å². The Morgan fingerprint density at radius 1 is 1.20 bits per heavy atom. The lowest BCUT2D eigenvalue weighted by Crippen LogP contribution is -2.10. The van der Waals surface area contributed by atoms with E-state index in [0.717, 1.165) is 5.69 Å². The van der Waals surface area contributed by atoms with Crippen LogP contribution in [0, 0.1) is 0 Å². The van der Waals surface area contributed by atoms with E-state index in [2.05, 4.69) is 4.98 Å². The third-order valence-electron chi connectivity index (χ3n) is 2.63. The van der Waals surface area contributed by atoms with Crippen LogP contribution in [0.1, 0.15) is 16.2 Å². The zero-order valence-corrected chi connectivity index (χ0v) is 10.4. The topological polar surface area (TPSA) is 92.4 Å². The fraction of sp³-hybridized carbons (Fsp3) is 0.0714. The molecule has 0 bridgehead atoms. The molecule has 0 aliphatic rings. The van der Waals surface area contributed by atoms with Crippen molar-refractivity contribution in [3.63, 3.8) is 0 Å². The third-order valence-corrected chi connectivity index (χ3v) is 2.63. The fourth-order valence-electron chi connectivity index (χ4n) is 1.70. The molecule has 2 heterocycles. The Morgan fingerprint density at radius 2 is 2.00 bits per heavy atom. The van der Waals surface area contributed by atoms with E-state index in [9.17, 15) is 9.59 Å². The summed E-state index contributed by atoms with van der Waals surface area (Å²) in [6.07, 6.45) is 4.02. The highest BCUT2D eigenvalue weighted by atomic mass is 16.4. The molecule has 2 aromatic heterocycles. The Morgan fingerprint density at radius 3 is 2.65 bits per heavy atom. The number of carboxylic acids is 1. The number of aliphatic hydroxyl groups is 1. The van der Waals surface area contributed by atoms with E-state index < -0.39 is 17.5 Å². The highest BCUT2D eigenvalue weighted by Crippen LogP contribution is 2.08. The lowest BCUT2D eigenvalue weighted by molar-refractivity contribution is -0.135. The number of carboxylic acid groups (broad SMARTS) is 1. The van der Waals surface area contributed by atoms with Crippen molar-refractivity contribution in [2.45, 2.75) is 6.54 Å². The van der Waals surface area contributed by atoms with Gasteiger partial charge in [-0.3, -0.25) is 9.78 Å². The lowest BCUT2D eigenvalue weighted by atomic mass is 10.2. The molecule has 0 aliphatic heterocycles. The Labute approximate surface area is 114 Å². The molecule has 2 aromatic rings. The number of aliphatic hydroxyl groups excluding tert-OH is 1. The standard InChI is InChI=1S/C14H12N2O4/c17-12(8-13(18)14(19)20)11-5-3-7-16(11)9-10-4-1-2-6-15-10/h1-8,18H,9H2,(H,19,20)/b13-8-. The van der Waals surface area contributed by atoms with Gasteiger partial charge in [0, 0.05) is 18.5 Å². The predicted molar refractivity (Wildman–Crippen MR) is 70.4 cm³/mol. The molecule has 6 nitrogen and oxygen atoms in total. The maximum atomic E-state index is 11.9. The summed E-state index contributed by atoms with van der Waals surface area (Å²) in [5.74, 6) is -3.10. The SMILES string of the molecule is O=C(O)/C(O)=C/C(=O)c1cccn1Cc1ccccn1. The summed E-state index contributed by atoms with van der Waals surface area (Å²) in [6, 6.07) is 8.67. The summed E-state index contributed by atoms with van der Waals surface area (Å²) >= 11 is 0. The van der Waals surface area contributed by atoms with Gasteiger partial charge >= 0.3 is 5.97 Å². The molecule has 20 heavy (non-hydrogen) atoms. The number of rotatable bonds is 5. The second-order valence-electron chi connectivity index (χ2n) is 4.04. The first-order valence-corrected chi connectivity index (χ1v) is 5.81. The van der Waals surface area contributed by atoms with E-state index in [0.29, 0.717) is 12.6 Å². The molecule has 6 heteroatoms. The number of aliphatic carboxylic acids is 1. The Hall–Kier alpha value is -2.89. The first-order valence-electron chi connectivity index (χ1n) is 5.81. The lowest BCUT2D eigenvalue weighted by Gasteiger charge is -2.06. The summed E-state index contributed by atoms with van der Waals surface area (Å²) in [6.45, 7) is 0.386. The maximum Gasteiger partial charge on any atom is 0.371 e. The van der Waals surface area contributed by atoms with Crippen molar-refractivity contribution in [1.82, 2.24) is 9.55 Å². The van der Waals surface area contributed by atoms with Crippen molar-refractivity contribution in [2.24, 2.45) is 0 Å². The van der Waals surface area contributed by atoms with Gasteiger partial charge in [-0.2, -0.15) is 0 Å². The first-order chi connectivity index (χ1) is 9.58. The molecule has 2 rings (SSSR count). The van der Waals surface area contributed by atoms with Crippen LogP contribution in [-0.4, -0.2) is 31.5 Å². The molecule has 102 valence electrons. The van der Waals surface area contributed by atoms with Crippen LogP contribution < -0.4 is 0 Å². The molecule has 0 aromatic carbocycles. The summed E-state index contributed by atoms with van der Waals surface area (Å²) in [5.41, 5.74) is 1.05. The van der Waals surface area contributed by atoms with Crippen molar-refractivity contribution in [1.29, 1.82) is 0 Å². The number of aromatic nitrogens is 2. The second kappa shape index (κ2) is 5.83. The number of allylic oxidation sites excluding steroid dienone is 1. The van der Waals surface area contributed by atoms with Crippen LogP contribution >= 0.6 is 0 Å². The van der Waals surface area contributed by atoms with Gasteiger partial charge in [-0.05, 0) is 24.3 Å². The van der Waals surface area contributed by atoms with Gasteiger partial charge in [-0.15, -0.1) is 0 Å². The number of hydrogen-bond donors (Lipinski definition) is 2. The molecule has 0 radical (unpaired) electrons. The van der Waals surface area contributed by atoms with Gasteiger partial charge in [-0.1, -0.05) is 6.07 Å². The molecule has 0 saturated heterocycles. The quantitative estimate of drug-likeness (QED) is 0.490. The van der Waals surface area contributed by atoms with Crippen LogP contribution in [0.25, 0.3) is 0 Å². The molecule has 0 saturated carbocycles. The molecule has 0 unspecified atom stereocenters. The van der Waals surface area contributed by atoms with E-state index in [1.165, 1.54) is 0 Å². The van der Waals surface area contributed by atoms with Crippen LogP contribution in [0.5, 0.6) is 0 Å². The number of nitrogens with zero attached hydrogens (tertiary/aromatic N) is 2. The molecule has 0 amide bonds. The van der Waals surface area contributed by atoms with E-state index in [1.54, 1.807) is 35.2 Å². The minimum atomic E-state index is -1.54. The molecular formula is C14H12N2O4. The van der Waals surface area contributed by atoms with Gasteiger partial charge in [0.25, 0.3) is 0 Å². The van der Waals surface area contributed by atoms with Crippen molar-refractivity contribution in [3.05, 3.63) is 65.9 Å². The Bertz CT molecular complexity index is 659. The maximum absolute atomic E-state index is 11.9. The van der Waals surface area contributed by atoms with Gasteiger partial charge in [0.05, 0.1) is 17.9 Å². The average molecular weight is 272 g/mol. The van der Waals surface area contributed by atoms with E-state index in [1.807, 2.05) is 12.1 Å². The minimum absolute atomic E-state index is 0.281. The molecule has 2 N–H and O–H groups in total. The van der Waals surface area contributed by atoms with Crippen LogP contribution in [0.3, 0.4) is 0 Å². The van der Waals surface area contributed by atoms with E-state index in [-0.39, 0.29) is 5.69 Å². The van der Waals surface area contributed by atoms with E-state index >= 15 is 0 Å². The number of hydrogen-bond acceptors (Lipinski definition) is 4. The smallest absolute Gasteiger partial charge is 0.371 e. The summed E-state index contributed by atoms with van der Waals surface area (Å²) in [5, 5.41) is 17.6. The van der Waals surface area contributed by atoms with Gasteiger partial charge in [-0.25, -0.2) is 4.79 Å². The normalized spacial score (nSPS) is 11.3. The number of carbonyl (C=O) groups excluding carboxylic acids is 1.